The number of urea groups is 1. The number of amides is 4. The number of phenols is 1. The molecule has 0 saturated carbocycles. The van der Waals surface area contributed by atoms with Gasteiger partial charge < -0.3 is 30.0 Å². The number of aromatic nitrogens is 1. The molecule has 2 N–H and O–H groups in total. The minimum atomic E-state index is -1.19. The molecule has 5 heterocycles. The molecule has 4 amide bonds. The number of hydrogen-bond donors (Lipinski definition) is 2. The number of rotatable bonds is 11. The number of piperidine rings is 1. The number of pyridine rings is 1. The molecule has 0 radical (unpaired) electrons. The molecule has 15 heteroatoms. The number of likely N-dealkylation sites (tertiary alicyclic amines) is 1. The molecule has 292 valence electrons. The van der Waals surface area contributed by atoms with Crippen LogP contribution < -0.4 is 10.2 Å². The van der Waals surface area contributed by atoms with Gasteiger partial charge >= 0.3 is 6.03 Å². The van der Waals surface area contributed by atoms with E-state index in [1.165, 1.54) is 39.1 Å². The molecule has 0 aliphatic carbocycles. The first-order valence-electron chi connectivity index (χ1n) is 18.9. The Balaban J connectivity index is 1.14. The van der Waals surface area contributed by atoms with Crippen LogP contribution in [0.5, 0.6) is 5.75 Å². The van der Waals surface area contributed by atoms with Crippen LogP contribution >= 0.6 is 0 Å². The number of carbonyl (C=O) groups excluding carboxylic acids is 3. The van der Waals surface area contributed by atoms with Crippen LogP contribution in [-0.2, 0) is 29.1 Å². The molecular formula is C40H49F2N9O4. The van der Waals surface area contributed by atoms with E-state index in [1.54, 1.807) is 11.1 Å². The Morgan fingerprint density at radius 3 is 2.45 bits per heavy atom. The summed E-state index contributed by atoms with van der Waals surface area (Å²) in [5.74, 6) is -2.10. The SMILES string of the molecule is C=CCN1CC(=O)N2C(CN(Cc3ccc(F)c(N4CC(N5CCC(N(C)C)CC5)C4)n3)C(=O)[C@@H]2Cc2ccc(O)cc2F)N1C(=O)NCc1ccccc1. The molecular weight excluding hydrogens is 708 g/mol. The Labute approximate surface area is 320 Å². The van der Waals surface area contributed by atoms with Crippen LogP contribution in [0.3, 0.4) is 0 Å². The molecule has 2 aromatic carbocycles. The molecule has 0 bridgehead atoms. The Hall–Kier alpha value is -5.12. The van der Waals surface area contributed by atoms with Crippen molar-refractivity contribution in [1.82, 2.24) is 39.9 Å². The molecule has 4 fully saturated rings. The van der Waals surface area contributed by atoms with Gasteiger partial charge in [-0.2, -0.15) is 0 Å². The van der Waals surface area contributed by atoms with Crippen LogP contribution in [0.15, 0.2) is 73.3 Å². The molecule has 1 aromatic heterocycles. The minimum absolute atomic E-state index is 0.0323. The molecule has 13 nitrogen and oxygen atoms in total. The molecule has 55 heavy (non-hydrogen) atoms. The Morgan fingerprint density at radius 1 is 1.02 bits per heavy atom. The fourth-order valence-electron chi connectivity index (χ4n) is 8.21. The lowest BCUT2D eigenvalue weighted by atomic mass is 9.98. The summed E-state index contributed by atoms with van der Waals surface area (Å²) in [6.45, 7) is 7.19. The zero-order chi connectivity index (χ0) is 38.8. The van der Waals surface area contributed by atoms with Crippen molar-refractivity contribution >= 4 is 23.7 Å². The lowest BCUT2D eigenvalue weighted by Gasteiger charge is -2.55. The summed E-state index contributed by atoms with van der Waals surface area (Å²) in [5, 5.41) is 15.8. The van der Waals surface area contributed by atoms with E-state index in [0.717, 1.165) is 37.6 Å². The molecule has 4 saturated heterocycles. The van der Waals surface area contributed by atoms with E-state index >= 15 is 8.78 Å². The van der Waals surface area contributed by atoms with E-state index in [4.69, 9.17) is 4.98 Å². The third kappa shape index (κ3) is 8.14. The maximum Gasteiger partial charge on any atom is 0.334 e. The number of anilines is 1. The number of nitrogens with zero attached hydrogens (tertiary/aromatic N) is 8. The van der Waals surface area contributed by atoms with E-state index < -0.39 is 41.7 Å². The van der Waals surface area contributed by atoms with Crippen molar-refractivity contribution in [1.29, 1.82) is 0 Å². The van der Waals surface area contributed by atoms with Gasteiger partial charge in [-0.25, -0.2) is 28.6 Å². The summed E-state index contributed by atoms with van der Waals surface area (Å²) in [5.41, 5.74) is 1.43. The molecule has 2 atom stereocenters. The number of carbonyl (C=O) groups is 3. The van der Waals surface area contributed by atoms with Crippen molar-refractivity contribution in [2.24, 2.45) is 0 Å². The van der Waals surface area contributed by atoms with E-state index in [1.807, 2.05) is 35.2 Å². The van der Waals surface area contributed by atoms with Crippen LogP contribution in [-0.4, -0.2) is 142 Å². The van der Waals surface area contributed by atoms with Gasteiger partial charge in [0.2, 0.25) is 11.8 Å². The van der Waals surface area contributed by atoms with E-state index in [9.17, 15) is 19.5 Å². The zero-order valence-electron chi connectivity index (χ0n) is 31.4. The topological polar surface area (TPSA) is 119 Å². The molecule has 4 aliphatic heterocycles. The van der Waals surface area contributed by atoms with Crippen molar-refractivity contribution in [3.05, 3.63) is 102 Å². The van der Waals surface area contributed by atoms with Crippen LogP contribution in [0.25, 0.3) is 0 Å². The molecule has 3 aromatic rings. The minimum Gasteiger partial charge on any atom is -0.508 e. The van der Waals surface area contributed by atoms with Gasteiger partial charge in [0.05, 0.1) is 25.3 Å². The van der Waals surface area contributed by atoms with Crippen molar-refractivity contribution in [3.63, 3.8) is 0 Å². The smallest absolute Gasteiger partial charge is 0.334 e. The normalized spacial score (nSPS) is 21.5. The predicted molar refractivity (Wildman–Crippen MR) is 202 cm³/mol. The first kappa shape index (κ1) is 38.2. The maximum absolute atomic E-state index is 15.3. The number of piperazine rings is 1. The second-order valence-corrected chi connectivity index (χ2v) is 15.0. The van der Waals surface area contributed by atoms with Crippen molar-refractivity contribution in [2.45, 2.75) is 56.6 Å². The Kier molecular flexibility index (Phi) is 11.3. The molecule has 0 spiro atoms. The van der Waals surface area contributed by atoms with Crippen molar-refractivity contribution < 1.29 is 28.3 Å². The average molecular weight is 758 g/mol. The van der Waals surface area contributed by atoms with Crippen molar-refractivity contribution in [3.8, 4) is 5.75 Å². The number of aromatic hydroxyl groups is 1. The molecule has 4 aliphatic rings. The quantitative estimate of drug-likeness (QED) is 0.285. The highest BCUT2D eigenvalue weighted by Gasteiger charge is 2.51. The second-order valence-electron chi connectivity index (χ2n) is 15.0. The van der Waals surface area contributed by atoms with Gasteiger partial charge in [-0.1, -0.05) is 42.5 Å². The largest absolute Gasteiger partial charge is 0.508 e. The van der Waals surface area contributed by atoms with E-state index in [2.05, 4.69) is 35.8 Å². The third-order valence-corrected chi connectivity index (χ3v) is 11.3. The first-order valence-corrected chi connectivity index (χ1v) is 18.9. The highest BCUT2D eigenvalue weighted by atomic mass is 19.1. The summed E-state index contributed by atoms with van der Waals surface area (Å²) < 4.78 is 30.5. The summed E-state index contributed by atoms with van der Waals surface area (Å²) in [7, 11) is 4.23. The number of nitrogens with one attached hydrogen (secondary N) is 1. The third-order valence-electron chi connectivity index (χ3n) is 11.3. The molecule has 1 unspecified atom stereocenters. The predicted octanol–water partition coefficient (Wildman–Crippen LogP) is 3.02. The van der Waals surface area contributed by atoms with Crippen LogP contribution in [0, 0.1) is 11.6 Å². The Morgan fingerprint density at radius 2 is 1.76 bits per heavy atom. The summed E-state index contributed by atoms with van der Waals surface area (Å²) >= 11 is 0. The van der Waals surface area contributed by atoms with Crippen molar-refractivity contribution in [2.75, 3.05) is 64.8 Å². The number of benzene rings is 2. The highest BCUT2D eigenvalue weighted by molar-refractivity contribution is 5.91. The maximum atomic E-state index is 15.3. The number of hydrogen-bond acceptors (Lipinski definition) is 9. The Bertz CT molecular complexity index is 1890. The first-order chi connectivity index (χ1) is 26.5. The van der Waals surface area contributed by atoms with Gasteiger partial charge in [-0.3, -0.25) is 14.5 Å². The number of hydrazine groups is 1. The summed E-state index contributed by atoms with van der Waals surface area (Å²) in [6.07, 6.45) is 2.61. The number of phenolic OH excluding ortho intramolecular Hbond substituents is 1. The zero-order valence-corrected chi connectivity index (χ0v) is 31.4. The fourth-order valence-corrected chi connectivity index (χ4v) is 8.21. The van der Waals surface area contributed by atoms with E-state index in [0.29, 0.717) is 30.9 Å². The number of halogens is 2. The van der Waals surface area contributed by atoms with Gasteiger partial charge in [0.15, 0.2) is 11.6 Å². The monoisotopic (exact) mass is 757 g/mol. The highest BCUT2D eigenvalue weighted by Crippen LogP contribution is 2.32. The van der Waals surface area contributed by atoms with E-state index in [-0.39, 0.29) is 56.3 Å². The lowest BCUT2D eigenvalue weighted by Crippen LogP contribution is -2.76. The average Bonchev–Trinajstić information content (AvgIpc) is 3.14. The second kappa shape index (κ2) is 16.3. The standard InChI is InChI=1S/C40H49F2N9O4/c1-4-16-49-26-37(53)50-35(19-28-10-12-32(52)20-34(28)42)39(54)48(25-36(50)51(49)40(55)43-21-27-8-6-5-7-9-27)22-29-11-13-33(41)38(44-29)47-23-31(24-47)46-17-14-30(15-18-46)45(2)3/h4-13,20,30-31,35-36,52H,1,14-19,21-26H2,2-3H3,(H,43,55)/t35-,36?/m0/s1. The van der Waals surface area contributed by atoms with Gasteiger partial charge in [0, 0.05) is 63.8 Å². The number of fused-ring (bicyclic) bond motifs is 1. The van der Waals surface area contributed by atoms with Crippen LogP contribution in [0.1, 0.15) is 29.7 Å². The van der Waals surface area contributed by atoms with Gasteiger partial charge in [-0.05, 0) is 56.3 Å². The van der Waals surface area contributed by atoms with Crippen LogP contribution in [0.4, 0.5) is 19.4 Å². The van der Waals surface area contributed by atoms with Gasteiger partial charge in [0.25, 0.3) is 0 Å². The van der Waals surface area contributed by atoms with Gasteiger partial charge in [0.1, 0.15) is 23.8 Å². The lowest BCUT2D eigenvalue weighted by molar-refractivity contribution is -0.189. The summed E-state index contributed by atoms with van der Waals surface area (Å²) in [6, 6.07) is 15.2. The molecule has 7 rings (SSSR count). The summed E-state index contributed by atoms with van der Waals surface area (Å²) in [4.78, 5) is 56.6. The van der Waals surface area contributed by atoms with Gasteiger partial charge in [-0.15, -0.1) is 6.58 Å². The fraction of sp³-hybridized carbons (Fsp3) is 0.450. The van der Waals surface area contributed by atoms with Crippen LogP contribution in [0.2, 0.25) is 0 Å².